The Labute approximate surface area is 111 Å². The number of hydrogen-bond donors (Lipinski definition) is 0. The van der Waals surface area contributed by atoms with E-state index in [-0.39, 0.29) is 0 Å². The van der Waals surface area contributed by atoms with Gasteiger partial charge >= 0.3 is 0 Å². The molecule has 2 aromatic rings. The van der Waals surface area contributed by atoms with Crippen molar-refractivity contribution in [2.24, 2.45) is 5.92 Å². The normalized spacial score (nSPS) is 12.6. The Hall–Kier alpha value is -1.56. The molecule has 0 bridgehead atoms. The van der Waals surface area contributed by atoms with Crippen LogP contribution >= 0.6 is 0 Å². The maximum atomic E-state index is 4.03. The lowest BCUT2D eigenvalue weighted by molar-refractivity contribution is 0.503. The molecule has 0 aliphatic carbocycles. The Morgan fingerprint density at radius 3 is 1.67 bits per heavy atom. The predicted octanol–water partition coefficient (Wildman–Crippen LogP) is 5.07. The average Bonchev–Trinajstić information content (AvgIpc) is 2.46. The molecule has 0 aliphatic rings. The van der Waals surface area contributed by atoms with Crippen LogP contribution in [-0.4, -0.2) is 0 Å². The third kappa shape index (κ3) is 3.22. The molecule has 1 unspecified atom stereocenters. The largest absolute Gasteiger partial charge is 0.0625 e. The minimum Gasteiger partial charge on any atom is -0.0625 e. The second-order valence-corrected chi connectivity index (χ2v) is 5.00. The van der Waals surface area contributed by atoms with Crippen molar-refractivity contribution in [3.05, 3.63) is 78.7 Å². The zero-order valence-corrected chi connectivity index (χ0v) is 11.0. The van der Waals surface area contributed by atoms with Crippen LogP contribution in [0.2, 0.25) is 0 Å². The summed E-state index contributed by atoms with van der Waals surface area (Å²) in [6.07, 6.45) is 2.16. The van der Waals surface area contributed by atoms with E-state index in [2.05, 4.69) is 74.5 Å². The summed E-state index contributed by atoms with van der Waals surface area (Å²) in [6.45, 7) is 6.31. The van der Waals surface area contributed by atoms with E-state index in [4.69, 9.17) is 0 Å². The third-order valence-corrected chi connectivity index (χ3v) is 3.53. The molecule has 0 saturated carbocycles. The maximum absolute atomic E-state index is 4.03. The highest BCUT2D eigenvalue weighted by Crippen LogP contribution is 2.31. The van der Waals surface area contributed by atoms with Gasteiger partial charge in [-0.25, -0.2) is 0 Å². The van der Waals surface area contributed by atoms with Crippen molar-refractivity contribution in [3.63, 3.8) is 0 Å². The van der Waals surface area contributed by atoms with Crippen LogP contribution in [0.3, 0.4) is 0 Å². The summed E-state index contributed by atoms with van der Waals surface area (Å²) in [5, 5.41) is 0. The number of rotatable bonds is 5. The molecule has 0 saturated heterocycles. The fraction of sp³-hybridized carbons (Fsp3) is 0.278. The van der Waals surface area contributed by atoms with Crippen LogP contribution in [0, 0.1) is 12.8 Å². The van der Waals surface area contributed by atoms with Gasteiger partial charge in [0.05, 0.1) is 0 Å². The summed E-state index contributed by atoms with van der Waals surface area (Å²) < 4.78 is 0. The number of benzene rings is 2. The van der Waals surface area contributed by atoms with Gasteiger partial charge in [-0.2, -0.15) is 0 Å². The van der Waals surface area contributed by atoms with E-state index in [1.807, 2.05) is 0 Å². The van der Waals surface area contributed by atoms with Gasteiger partial charge in [0.15, 0.2) is 0 Å². The molecule has 2 rings (SSSR count). The Morgan fingerprint density at radius 2 is 1.28 bits per heavy atom. The molecule has 0 fully saturated rings. The van der Waals surface area contributed by atoms with Crippen LogP contribution in [0.25, 0.3) is 0 Å². The minimum absolute atomic E-state index is 0.490. The Morgan fingerprint density at radius 1 is 0.833 bits per heavy atom. The molecule has 0 spiro atoms. The first-order chi connectivity index (χ1) is 8.81. The monoisotopic (exact) mass is 237 g/mol. The summed E-state index contributed by atoms with van der Waals surface area (Å²) in [4.78, 5) is 0. The molecular formula is C18H21. The van der Waals surface area contributed by atoms with Gasteiger partial charge in [0.25, 0.3) is 0 Å². The molecular weight excluding hydrogens is 216 g/mol. The molecule has 0 heteroatoms. The Bertz CT molecular complexity index is 404. The van der Waals surface area contributed by atoms with Crippen LogP contribution in [0.5, 0.6) is 0 Å². The van der Waals surface area contributed by atoms with Crippen molar-refractivity contribution >= 4 is 0 Å². The predicted molar refractivity (Wildman–Crippen MR) is 78.5 cm³/mol. The quantitative estimate of drug-likeness (QED) is 0.681. The molecule has 2 aromatic carbocycles. The molecule has 0 heterocycles. The van der Waals surface area contributed by atoms with Gasteiger partial charge in [-0.1, -0.05) is 80.9 Å². The van der Waals surface area contributed by atoms with Crippen molar-refractivity contribution in [2.75, 3.05) is 0 Å². The average molecular weight is 237 g/mol. The maximum Gasteiger partial charge on any atom is 0.00918 e. The van der Waals surface area contributed by atoms with Crippen LogP contribution in [0.4, 0.5) is 0 Å². The zero-order chi connectivity index (χ0) is 12.8. The fourth-order valence-corrected chi connectivity index (χ4v) is 2.36. The molecule has 18 heavy (non-hydrogen) atoms. The Kier molecular flexibility index (Phi) is 4.58. The lowest BCUT2D eigenvalue weighted by atomic mass is 9.83. The fourth-order valence-electron chi connectivity index (χ4n) is 2.36. The van der Waals surface area contributed by atoms with Crippen molar-refractivity contribution < 1.29 is 0 Å². The van der Waals surface area contributed by atoms with Gasteiger partial charge in [-0.05, 0) is 23.5 Å². The highest BCUT2D eigenvalue weighted by Gasteiger charge is 2.16. The van der Waals surface area contributed by atoms with Gasteiger partial charge in [-0.15, -0.1) is 0 Å². The van der Waals surface area contributed by atoms with E-state index in [1.54, 1.807) is 0 Å². The molecule has 1 radical (unpaired) electrons. The van der Waals surface area contributed by atoms with Gasteiger partial charge in [0.1, 0.15) is 0 Å². The van der Waals surface area contributed by atoms with E-state index in [0.717, 1.165) is 12.8 Å². The molecule has 93 valence electrons. The molecule has 1 atom stereocenters. The first kappa shape index (κ1) is 12.9. The van der Waals surface area contributed by atoms with E-state index >= 15 is 0 Å². The molecule has 0 aliphatic heterocycles. The number of hydrogen-bond acceptors (Lipinski definition) is 0. The van der Waals surface area contributed by atoms with Crippen molar-refractivity contribution in [3.8, 4) is 0 Å². The second-order valence-electron chi connectivity index (χ2n) is 5.00. The Balaban J connectivity index is 2.29. The molecule has 0 N–H and O–H groups in total. The van der Waals surface area contributed by atoms with Crippen molar-refractivity contribution in [1.29, 1.82) is 0 Å². The summed E-state index contributed by atoms with van der Waals surface area (Å²) >= 11 is 0. The molecule has 0 nitrogen and oxygen atoms in total. The summed E-state index contributed by atoms with van der Waals surface area (Å²) in [5.41, 5.74) is 2.81. The summed E-state index contributed by atoms with van der Waals surface area (Å²) in [7, 11) is 0. The van der Waals surface area contributed by atoms with Gasteiger partial charge in [-0.3, -0.25) is 0 Å². The topological polar surface area (TPSA) is 0 Å². The molecule has 0 amide bonds. The van der Waals surface area contributed by atoms with Crippen molar-refractivity contribution in [2.45, 2.75) is 25.7 Å². The van der Waals surface area contributed by atoms with E-state index < -0.39 is 0 Å². The lowest BCUT2D eigenvalue weighted by Gasteiger charge is -2.21. The minimum atomic E-state index is 0.490. The highest BCUT2D eigenvalue weighted by molar-refractivity contribution is 5.32. The second kappa shape index (κ2) is 6.39. The van der Waals surface area contributed by atoms with Gasteiger partial charge < -0.3 is 0 Å². The third-order valence-electron chi connectivity index (χ3n) is 3.53. The highest BCUT2D eigenvalue weighted by atomic mass is 14.2. The summed E-state index contributed by atoms with van der Waals surface area (Å²) in [6, 6.07) is 21.6. The SMILES string of the molecule is [CH2]CC(C)CC(c1ccccc1)c1ccccc1. The molecule has 0 aromatic heterocycles. The van der Waals surface area contributed by atoms with Crippen LogP contribution in [-0.2, 0) is 0 Å². The first-order valence-electron chi connectivity index (χ1n) is 6.70. The summed E-state index contributed by atoms with van der Waals surface area (Å²) in [5.74, 6) is 1.14. The lowest BCUT2D eigenvalue weighted by Crippen LogP contribution is -2.06. The zero-order valence-electron chi connectivity index (χ0n) is 11.0. The van der Waals surface area contributed by atoms with Gasteiger partial charge in [0.2, 0.25) is 0 Å². The van der Waals surface area contributed by atoms with Crippen LogP contribution in [0.1, 0.15) is 36.8 Å². The van der Waals surface area contributed by atoms with E-state index in [1.165, 1.54) is 11.1 Å². The van der Waals surface area contributed by atoms with Crippen LogP contribution in [0.15, 0.2) is 60.7 Å². The smallest absolute Gasteiger partial charge is 0.00918 e. The van der Waals surface area contributed by atoms with Crippen molar-refractivity contribution in [1.82, 2.24) is 0 Å². The standard InChI is InChI=1S/C18H21/c1-3-15(2)14-18(16-10-6-4-7-11-16)17-12-8-5-9-13-17/h4-13,15,18H,1,3,14H2,2H3. The van der Waals surface area contributed by atoms with Crippen LogP contribution < -0.4 is 0 Å². The van der Waals surface area contributed by atoms with Gasteiger partial charge in [0, 0.05) is 5.92 Å². The van der Waals surface area contributed by atoms with E-state index in [0.29, 0.717) is 11.8 Å². The van der Waals surface area contributed by atoms with E-state index in [9.17, 15) is 0 Å². The first-order valence-corrected chi connectivity index (χ1v) is 6.70.